The molecule has 1 atom stereocenters. The van der Waals surface area contributed by atoms with Crippen LogP contribution in [0.25, 0.3) is 0 Å². The zero-order chi connectivity index (χ0) is 11.5. The van der Waals surface area contributed by atoms with Crippen molar-refractivity contribution in [3.8, 4) is 0 Å². The van der Waals surface area contributed by atoms with E-state index in [4.69, 9.17) is 0 Å². The maximum Gasteiger partial charge on any atom is 0.144 e. The number of carbonyl (C=O) groups is 1. The smallest absolute Gasteiger partial charge is 0.144 e. The lowest BCUT2D eigenvalue weighted by atomic mass is 9.98. The summed E-state index contributed by atoms with van der Waals surface area (Å²) in [6.07, 6.45) is 0. The highest BCUT2D eigenvalue weighted by Gasteiger charge is 2.30. The largest absolute Gasteiger partial charge is 0.298 e. The molecule has 0 saturated carbocycles. The number of ketones is 1. The fourth-order valence-electron chi connectivity index (χ4n) is 1.62. The van der Waals surface area contributed by atoms with E-state index in [-0.39, 0.29) is 11.1 Å². The summed E-state index contributed by atoms with van der Waals surface area (Å²) in [6, 6.07) is 0. The first-order valence-electron chi connectivity index (χ1n) is 5.42. The lowest BCUT2D eigenvalue weighted by molar-refractivity contribution is -0.123. The van der Waals surface area contributed by atoms with Crippen LogP contribution in [0.3, 0.4) is 0 Å². The second-order valence-corrected chi connectivity index (χ2v) is 8.19. The fourth-order valence-corrected chi connectivity index (χ4v) is 3.72. The highest BCUT2D eigenvalue weighted by Crippen LogP contribution is 2.39. The van der Waals surface area contributed by atoms with Crippen LogP contribution in [0.15, 0.2) is 0 Å². The summed E-state index contributed by atoms with van der Waals surface area (Å²) in [4.78, 5) is 12.0. The minimum Gasteiger partial charge on any atom is -0.298 e. The van der Waals surface area contributed by atoms with Gasteiger partial charge in [0.15, 0.2) is 0 Å². The van der Waals surface area contributed by atoms with E-state index in [2.05, 4.69) is 40.2 Å². The average Bonchev–Trinajstić information content (AvgIpc) is 2.01. The topological polar surface area (TPSA) is 17.1 Å². The minimum absolute atomic E-state index is 0.122. The Bertz CT molecular complexity index is 237. The molecule has 0 aromatic heterocycles. The molecule has 0 aromatic carbocycles. The summed E-state index contributed by atoms with van der Waals surface area (Å²) in [5.41, 5.74) is 0. The Morgan fingerprint density at radius 3 is 1.93 bits per heavy atom. The zero-order valence-corrected chi connectivity index (χ0v) is 11.6. The quantitative estimate of drug-likeness (QED) is 0.659. The van der Waals surface area contributed by atoms with E-state index < -0.39 is 7.55 Å². The van der Waals surface area contributed by atoms with Crippen molar-refractivity contribution in [1.29, 1.82) is 0 Å². The van der Waals surface area contributed by atoms with Crippen molar-refractivity contribution in [1.82, 2.24) is 0 Å². The summed E-state index contributed by atoms with van der Waals surface area (Å²) in [5, 5.41) is -0.122. The molecule has 0 amide bonds. The Hall–Kier alpha value is -0.0300. The Kier molecular flexibility index (Phi) is 5.15. The lowest BCUT2D eigenvalue weighted by Gasteiger charge is -2.28. The van der Waals surface area contributed by atoms with E-state index in [1.54, 1.807) is 0 Å². The summed E-state index contributed by atoms with van der Waals surface area (Å²) in [7, 11) is -0.684. The SMILES string of the molecule is CC(C)/C=[PH](\C)C(C)(C)C(=O)C(C)C. The summed E-state index contributed by atoms with van der Waals surface area (Å²) in [5.74, 6) is 3.52. The first-order chi connectivity index (χ1) is 6.19. The number of Topliss-reactive ketones (excluding diaryl/α,β-unsaturated/α-hetero) is 1. The summed E-state index contributed by atoms with van der Waals surface area (Å²) < 4.78 is 0. The van der Waals surface area contributed by atoms with E-state index in [0.29, 0.717) is 11.7 Å². The Morgan fingerprint density at radius 2 is 1.64 bits per heavy atom. The van der Waals surface area contributed by atoms with Crippen molar-refractivity contribution in [2.75, 3.05) is 6.66 Å². The third kappa shape index (κ3) is 3.61. The van der Waals surface area contributed by atoms with Crippen molar-refractivity contribution >= 4 is 19.1 Å². The molecule has 84 valence electrons. The third-order valence-corrected chi connectivity index (χ3v) is 6.09. The molecule has 0 spiro atoms. The predicted molar refractivity (Wildman–Crippen MR) is 69.1 cm³/mol. The molecule has 0 heterocycles. The van der Waals surface area contributed by atoms with Crippen molar-refractivity contribution in [3.05, 3.63) is 0 Å². The number of rotatable bonds is 4. The van der Waals surface area contributed by atoms with Crippen molar-refractivity contribution < 1.29 is 4.79 Å². The molecule has 0 aliphatic carbocycles. The van der Waals surface area contributed by atoms with E-state index in [0.717, 1.165) is 0 Å². The van der Waals surface area contributed by atoms with Crippen LogP contribution in [-0.2, 0) is 4.79 Å². The van der Waals surface area contributed by atoms with Crippen LogP contribution in [0.2, 0.25) is 0 Å². The Morgan fingerprint density at radius 1 is 1.21 bits per heavy atom. The van der Waals surface area contributed by atoms with Gasteiger partial charge in [0.1, 0.15) is 5.78 Å². The molecule has 0 aliphatic heterocycles. The van der Waals surface area contributed by atoms with Gasteiger partial charge in [-0.1, -0.05) is 33.5 Å². The maximum absolute atomic E-state index is 12.0. The van der Waals surface area contributed by atoms with Gasteiger partial charge in [-0.25, -0.2) is 0 Å². The Labute approximate surface area is 89.7 Å². The number of carbonyl (C=O) groups excluding carboxylic acids is 1. The summed E-state index contributed by atoms with van der Waals surface area (Å²) in [6.45, 7) is 14.8. The molecule has 0 bridgehead atoms. The maximum atomic E-state index is 12.0. The monoisotopic (exact) mass is 216 g/mol. The van der Waals surface area contributed by atoms with Gasteiger partial charge in [-0.3, -0.25) is 4.79 Å². The molecule has 0 radical (unpaired) electrons. The van der Waals surface area contributed by atoms with Crippen LogP contribution in [0, 0.1) is 11.8 Å². The molecule has 0 rings (SSSR count). The highest BCUT2D eigenvalue weighted by atomic mass is 31.1. The van der Waals surface area contributed by atoms with Gasteiger partial charge in [0, 0.05) is 11.1 Å². The van der Waals surface area contributed by atoms with Gasteiger partial charge in [0.2, 0.25) is 0 Å². The molecule has 0 fully saturated rings. The van der Waals surface area contributed by atoms with Crippen LogP contribution in [0.1, 0.15) is 41.5 Å². The second kappa shape index (κ2) is 5.16. The van der Waals surface area contributed by atoms with Gasteiger partial charge in [-0.2, -0.15) is 0 Å². The molecule has 0 aromatic rings. The normalized spacial score (nSPS) is 15.2. The second-order valence-electron chi connectivity index (χ2n) is 5.24. The molecule has 0 saturated heterocycles. The third-order valence-electron chi connectivity index (χ3n) is 2.71. The molecule has 2 heteroatoms. The molecular weight excluding hydrogens is 191 g/mol. The first-order valence-corrected chi connectivity index (χ1v) is 7.50. The standard InChI is InChI=1S/C12H25OP/c1-9(2)8-14(7)12(5,6)11(13)10(3)4/h8-10,14H,1-7H3. The number of hydrogen-bond acceptors (Lipinski definition) is 1. The zero-order valence-electron chi connectivity index (χ0n) is 10.6. The molecular formula is C12H25OP. The average molecular weight is 216 g/mol. The van der Waals surface area contributed by atoms with Gasteiger partial charge < -0.3 is 0 Å². The van der Waals surface area contributed by atoms with E-state index >= 15 is 0 Å². The Balaban J connectivity index is 4.86. The van der Waals surface area contributed by atoms with Gasteiger partial charge in [-0.15, -0.1) is 7.55 Å². The van der Waals surface area contributed by atoms with Crippen LogP contribution in [-0.4, -0.2) is 23.4 Å². The molecule has 1 unspecified atom stereocenters. The van der Waals surface area contributed by atoms with E-state index in [9.17, 15) is 4.79 Å². The molecule has 0 N–H and O–H groups in total. The first kappa shape index (κ1) is 14.0. The van der Waals surface area contributed by atoms with Crippen LogP contribution in [0.4, 0.5) is 0 Å². The number of hydrogen-bond donors (Lipinski definition) is 0. The van der Waals surface area contributed by atoms with Crippen LogP contribution < -0.4 is 0 Å². The van der Waals surface area contributed by atoms with Gasteiger partial charge in [0.05, 0.1) is 0 Å². The van der Waals surface area contributed by atoms with Crippen LogP contribution in [0.5, 0.6) is 0 Å². The van der Waals surface area contributed by atoms with Gasteiger partial charge in [-0.05, 0) is 26.4 Å². The van der Waals surface area contributed by atoms with Crippen molar-refractivity contribution in [2.24, 2.45) is 11.8 Å². The predicted octanol–water partition coefficient (Wildman–Crippen LogP) is 3.29. The van der Waals surface area contributed by atoms with Gasteiger partial charge in [0.25, 0.3) is 0 Å². The lowest BCUT2D eigenvalue weighted by Crippen LogP contribution is -2.32. The van der Waals surface area contributed by atoms with Crippen LogP contribution >= 0.6 is 7.55 Å². The van der Waals surface area contributed by atoms with Gasteiger partial charge >= 0.3 is 0 Å². The molecule has 14 heavy (non-hydrogen) atoms. The summed E-state index contributed by atoms with van der Waals surface area (Å²) >= 11 is 0. The van der Waals surface area contributed by atoms with Crippen molar-refractivity contribution in [3.63, 3.8) is 0 Å². The van der Waals surface area contributed by atoms with E-state index in [1.807, 2.05) is 13.8 Å². The highest BCUT2D eigenvalue weighted by molar-refractivity contribution is 7.59. The molecule has 1 nitrogen and oxygen atoms in total. The molecule has 0 aliphatic rings. The fraction of sp³-hybridized carbons (Fsp3) is 0.833. The minimum atomic E-state index is -0.684. The van der Waals surface area contributed by atoms with Crippen molar-refractivity contribution in [2.45, 2.75) is 46.7 Å². The van der Waals surface area contributed by atoms with E-state index in [1.165, 1.54) is 0 Å².